The number of anilines is 2. The zero-order chi connectivity index (χ0) is 20.7. The van der Waals surface area contributed by atoms with E-state index in [4.69, 9.17) is 0 Å². The summed E-state index contributed by atoms with van der Waals surface area (Å²) >= 11 is 1.25. The third-order valence-corrected chi connectivity index (χ3v) is 5.51. The Morgan fingerprint density at radius 2 is 1.73 bits per heavy atom. The number of hydrogen-bond donors (Lipinski definition) is 1. The van der Waals surface area contributed by atoms with E-state index in [-0.39, 0.29) is 5.91 Å². The van der Waals surface area contributed by atoms with Crippen LogP contribution in [0, 0.1) is 0 Å². The van der Waals surface area contributed by atoms with E-state index in [2.05, 4.69) is 20.8 Å². The Kier molecular flexibility index (Phi) is 4.18. The second kappa shape index (κ2) is 7.01. The summed E-state index contributed by atoms with van der Waals surface area (Å²) in [5, 5.41) is 15.5. The smallest absolute Gasteiger partial charge is 0.267 e. The standard InChI is InChI=1S/C20H12N6O3S/c27-18(17-16(8-9-30-17)25-11-21-23-24-25)22-12-4-3-5-13(10-12)26-19(28)14-6-1-2-7-15(14)20(26)29/h1-11H,(H,22,27). The van der Waals surface area contributed by atoms with Gasteiger partial charge in [-0.3, -0.25) is 14.4 Å². The number of carbonyl (C=O) groups is 3. The monoisotopic (exact) mass is 416 g/mol. The van der Waals surface area contributed by atoms with E-state index < -0.39 is 11.8 Å². The van der Waals surface area contributed by atoms with Crippen molar-refractivity contribution in [3.63, 3.8) is 0 Å². The molecule has 0 aliphatic carbocycles. The fourth-order valence-corrected chi connectivity index (χ4v) is 4.03. The number of benzene rings is 2. The predicted molar refractivity (Wildman–Crippen MR) is 109 cm³/mol. The van der Waals surface area contributed by atoms with E-state index in [1.54, 1.807) is 60.0 Å². The Balaban J connectivity index is 1.42. The van der Waals surface area contributed by atoms with Gasteiger partial charge in [-0.25, -0.2) is 4.90 Å². The summed E-state index contributed by atoms with van der Waals surface area (Å²) in [6.45, 7) is 0. The Bertz CT molecular complexity index is 1260. The summed E-state index contributed by atoms with van der Waals surface area (Å²) in [5.41, 5.74) is 2.11. The van der Waals surface area contributed by atoms with Crippen LogP contribution in [0.5, 0.6) is 0 Å². The molecule has 10 heteroatoms. The van der Waals surface area contributed by atoms with Gasteiger partial charge in [-0.15, -0.1) is 16.4 Å². The number of hydrogen-bond acceptors (Lipinski definition) is 7. The van der Waals surface area contributed by atoms with Crippen molar-refractivity contribution in [3.05, 3.63) is 82.3 Å². The summed E-state index contributed by atoms with van der Waals surface area (Å²) in [7, 11) is 0. The van der Waals surface area contributed by atoms with Gasteiger partial charge in [0.2, 0.25) is 0 Å². The van der Waals surface area contributed by atoms with Gasteiger partial charge in [-0.2, -0.15) is 4.68 Å². The molecule has 4 aromatic rings. The molecule has 0 spiro atoms. The number of amides is 3. The highest BCUT2D eigenvalue weighted by atomic mass is 32.1. The lowest BCUT2D eigenvalue weighted by atomic mass is 10.1. The SMILES string of the molecule is O=C(Nc1cccc(N2C(=O)c3ccccc3C2=O)c1)c1sccc1-n1cnnn1. The average molecular weight is 416 g/mol. The maximum absolute atomic E-state index is 12.8. The van der Waals surface area contributed by atoms with Crippen LogP contribution in [0.1, 0.15) is 30.4 Å². The molecule has 146 valence electrons. The molecular weight excluding hydrogens is 404 g/mol. The largest absolute Gasteiger partial charge is 0.321 e. The van der Waals surface area contributed by atoms with Crippen LogP contribution in [-0.4, -0.2) is 37.9 Å². The Labute approximate surface area is 173 Å². The molecule has 0 unspecified atom stereocenters. The van der Waals surface area contributed by atoms with Crippen LogP contribution in [0.4, 0.5) is 11.4 Å². The van der Waals surface area contributed by atoms with Gasteiger partial charge in [0.25, 0.3) is 17.7 Å². The highest BCUT2D eigenvalue weighted by Gasteiger charge is 2.36. The molecule has 1 N–H and O–H groups in total. The molecule has 3 amide bonds. The number of fused-ring (bicyclic) bond motifs is 1. The first-order valence-electron chi connectivity index (χ1n) is 8.83. The highest BCUT2D eigenvalue weighted by Crippen LogP contribution is 2.30. The fraction of sp³-hybridized carbons (Fsp3) is 0. The number of nitrogens with zero attached hydrogens (tertiary/aromatic N) is 5. The first kappa shape index (κ1) is 17.9. The molecule has 9 nitrogen and oxygen atoms in total. The molecule has 0 bridgehead atoms. The minimum Gasteiger partial charge on any atom is -0.321 e. The van der Waals surface area contributed by atoms with Gasteiger partial charge in [0.05, 0.1) is 22.5 Å². The molecule has 0 saturated carbocycles. The Morgan fingerprint density at radius 3 is 2.43 bits per heavy atom. The van der Waals surface area contributed by atoms with E-state index in [9.17, 15) is 14.4 Å². The normalized spacial score (nSPS) is 12.9. The summed E-state index contributed by atoms with van der Waals surface area (Å²) < 4.78 is 1.40. The number of carbonyl (C=O) groups excluding carboxylic acids is 3. The number of thiophene rings is 1. The lowest BCUT2D eigenvalue weighted by Gasteiger charge is -2.15. The van der Waals surface area contributed by atoms with Crippen molar-refractivity contribution in [1.82, 2.24) is 20.2 Å². The lowest BCUT2D eigenvalue weighted by Crippen LogP contribution is -2.29. The van der Waals surface area contributed by atoms with Crippen molar-refractivity contribution >= 4 is 40.4 Å². The highest BCUT2D eigenvalue weighted by molar-refractivity contribution is 7.12. The van der Waals surface area contributed by atoms with E-state index in [0.29, 0.717) is 33.1 Å². The zero-order valence-corrected chi connectivity index (χ0v) is 16.0. The maximum Gasteiger partial charge on any atom is 0.267 e. The minimum absolute atomic E-state index is 0.352. The second-order valence-electron chi connectivity index (χ2n) is 6.39. The van der Waals surface area contributed by atoms with Crippen molar-refractivity contribution in [2.75, 3.05) is 10.2 Å². The van der Waals surface area contributed by atoms with Crippen LogP contribution < -0.4 is 10.2 Å². The molecule has 3 heterocycles. The summed E-state index contributed by atoms with van der Waals surface area (Å²) in [5.74, 6) is -1.13. The molecule has 30 heavy (non-hydrogen) atoms. The van der Waals surface area contributed by atoms with Gasteiger partial charge < -0.3 is 5.32 Å². The van der Waals surface area contributed by atoms with Gasteiger partial charge in [0.1, 0.15) is 11.2 Å². The van der Waals surface area contributed by atoms with Crippen LogP contribution in [0.15, 0.2) is 66.3 Å². The Hall–Kier alpha value is -4.18. The van der Waals surface area contributed by atoms with Crippen molar-refractivity contribution < 1.29 is 14.4 Å². The maximum atomic E-state index is 12.8. The first-order chi connectivity index (χ1) is 14.6. The minimum atomic E-state index is -0.390. The summed E-state index contributed by atoms with van der Waals surface area (Å²) in [4.78, 5) is 39.7. The second-order valence-corrected chi connectivity index (χ2v) is 7.30. The fourth-order valence-electron chi connectivity index (χ4n) is 3.26. The van der Waals surface area contributed by atoms with Gasteiger partial charge >= 0.3 is 0 Å². The zero-order valence-electron chi connectivity index (χ0n) is 15.2. The van der Waals surface area contributed by atoms with Crippen molar-refractivity contribution in [3.8, 4) is 5.69 Å². The van der Waals surface area contributed by atoms with Crippen LogP contribution in [0.2, 0.25) is 0 Å². The lowest BCUT2D eigenvalue weighted by molar-refractivity contribution is 0.0925. The van der Waals surface area contributed by atoms with E-state index in [1.165, 1.54) is 22.3 Å². The number of nitrogens with one attached hydrogen (secondary N) is 1. The molecule has 1 aliphatic heterocycles. The third-order valence-electron chi connectivity index (χ3n) is 4.60. The molecule has 2 aromatic heterocycles. The van der Waals surface area contributed by atoms with Gasteiger partial charge in [0.15, 0.2) is 0 Å². The first-order valence-corrected chi connectivity index (χ1v) is 9.71. The van der Waals surface area contributed by atoms with Crippen LogP contribution in [0.3, 0.4) is 0 Å². The molecule has 2 aromatic carbocycles. The van der Waals surface area contributed by atoms with Gasteiger partial charge in [-0.05, 0) is 52.2 Å². The molecule has 1 aliphatic rings. The number of aromatic nitrogens is 4. The molecule has 0 atom stereocenters. The van der Waals surface area contributed by atoms with E-state index in [0.717, 1.165) is 4.90 Å². The van der Waals surface area contributed by atoms with Gasteiger partial charge in [-0.1, -0.05) is 18.2 Å². The number of imide groups is 1. The molecule has 0 radical (unpaired) electrons. The summed E-state index contributed by atoms with van der Waals surface area (Å²) in [6, 6.07) is 15.0. The third kappa shape index (κ3) is 2.86. The molecular formula is C20H12N6O3S. The van der Waals surface area contributed by atoms with Crippen molar-refractivity contribution in [2.45, 2.75) is 0 Å². The molecule has 0 saturated heterocycles. The average Bonchev–Trinajstić information content (AvgIpc) is 3.49. The number of rotatable bonds is 4. The van der Waals surface area contributed by atoms with Crippen molar-refractivity contribution in [2.24, 2.45) is 0 Å². The van der Waals surface area contributed by atoms with E-state index >= 15 is 0 Å². The summed E-state index contributed by atoms with van der Waals surface area (Å²) in [6.07, 6.45) is 1.40. The number of tetrazole rings is 1. The molecule has 5 rings (SSSR count). The van der Waals surface area contributed by atoms with Gasteiger partial charge in [0, 0.05) is 5.69 Å². The predicted octanol–water partition coefficient (Wildman–Crippen LogP) is 2.78. The Morgan fingerprint density at radius 1 is 0.967 bits per heavy atom. The topological polar surface area (TPSA) is 110 Å². The van der Waals surface area contributed by atoms with Crippen LogP contribution in [0.25, 0.3) is 5.69 Å². The van der Waals surface area contributed by atoms with Crippen molar-refractivity contribution in [1.29, 1.82) is 0 Å². The quantitative estimate of drug-likeness (QED) is 0.512. The van der Waals surface area contributed by atoms with E-state index in [1.807, 2.05) is 0 Å². The van der Waals surface area contributed by atoms with Crippen LogP contribution in [-0.2, 0) is 0 Å². The van der Waals surface area contributed by atoms with Crippen LogP contribution >= 0.6 is 11.3 Å². The molecule has 0 fully saturated rings.